The molecule has 0 saturated heterocycles. The molecule has 0 fully saturated rings. The van der Waals surface area contributed by atoms with Crippen LogP contribution in [0, 0.1) is 0 Å². The van der Waals surface area contributed by atoms with Crippen LogP contribution >= 0.6 is 0 Å². The maximum absolute atomic E-state index is 9.36. The summed E-state index contributed by atoms with van der Waals surface area (Å²) in [5.41, 5.74) is 0. The van der Waals surface area contributed by atoms with Crippen molar-refractivity contribution in [2.75, 3.05) is 0 Å². The average molecular weight is 98.1 g/mol. The van der Waals surface area contributed by atoms with E-state index in [4.69, 9.17) is 0 Å². The van der Waals surface area contributed by atoms with Gasteiger partial charge in [0.05, 0.1) is 0 Å². The molecule has 0 unspecified atom stereocenters. The summed E-state index contributed by atoms with van der Waals surface area (Å²) in [6.45, 7) is 2.02. The van der Waals surface area contributed by atoms with Gasteiger partial charge in [-0.05, 0) is 6.42 Å². The summed E-state index contributed by atoms with van der Waals surface area (Å²) < 4.78 is 0. The Morgan fingerprint density at radius 1 is 1.86 bits per heavy atom. The summed E-state index contributed by atoms with van der Waals surface area (Å²) in [6, 6.07) is 0. The number of rotatable bonds is 3. The Morgan fingerprint density at radius 2 is 2.57 bits per heavy atom. The SMILES string of the molecule is CCCC=N[C]=O. The summed E-state index contributed by atoms with van der Waals surface area (Å²) in [5, 5.41) is 0. The highest BCUT2D eigenvalue weighted by molar-refractivity contribution is 5.69. The van der Waals surface area contributed by atoms with Crippen molar-refractivity contribution < 1.29 is 4.79 Å². The molecule has 0 aromatic heterocycles. The highest BCUT2D eigenvalue weighted by Crippen LogP contribution is 1.77. The molecule has 0 atom stereocenters. The molecule has 0 bridgehead atoms. The van der Waals surface area contributed by atoms with E-state index in [0.717, 1.165) is 12.8 Å². The molecule has 0 spiro atoms. The largest absolute Gasteiger partial charge is 0.336 e. The lowest BCUT2D eigenvalue weighted by atomic mass is 10.4. The molecule has 0 saturated carbocycles. The molecule has 2 nitrogen and oxygen atoms in total. The molecule has 1 radical (unpaired) electrons. The van der Waals surface area contributed by atoms with Crippen LogP contribution in [-0.2, 0) is 4.79 Å². The van der Waals surface area contributed by atoms with Gasteiger partial charge in [0.25, 0.3) is 0 Å². The van der Waals surface area contributed by atoms with Crippen molar-refractivity contribution in [1.82, 2.24) is 0 Å². The van der Waals surface area contributed by atoms with Crippen LogP contribution < -0.4 is 0 Å². The van der Waals surface area contributed by atoms with E-state index in [9.17, 15) is 4.79 Å². The minimum absolute atomic E-state index is 0.870. The van der Waals surface area contributed by atoms with Crippen LogP contribution in [0.4, 0.5) is 0 Å². The number of aliphatic imine (C=N–C) groups is 1. The van der Waals surface area contributed by atoms with Crippen LogP contribution in [-0.4, -0.2) is 12.6 Å². The minimum atomic E-state index is 0.870. The Labute approximate surface area is 43.3 Å². The Kier molecular flexibility index (Phi) is 4.84. The number of carbonyl (C=O) groups excluding carboxylic acids is 1. The van der Waals surface area contributed by atoms with Gasteiger partial charge in [-0.3, -0.25) is 4.79 Å². The van der Waals surface area contributed by atoms with Gasteiger partial charge in [-0.25, -0.2) is 4.99 Å². The Hall–Kier alpha value is -0.660. The predicted octanol–water partition coefficient (Wildman–Crippen LogP) is 0.924. The molecule has 0 N–H and O–H groups in total. The molecular weight excluding hydrogens is 90.1 g/mol. The predicted molar refractivity (Wildman–Crippen MR) is 29.1 cm³/mol. The van der Waals surface area contributed by atoms with Gasteiger partial charge in [0.1, 0.15) is 0 Å². The summed E-state index contributed by atoms with van der Waals surface area (Å²) in [5.74, 6) is 0. The molecule has 2 heteroatoms. The van der Waals surface area contributed by atoms with Gasteiger partial charge in [-0.2, -0.15) is 0 Å². The molecule has 0 heterocycles. The molecule has 0 aliphatic rings. The van der Waals surface area contributed by atoms with Crippen molar-refractivity contribution in [3.05, 3.63) is 0 Å². The second-order valence-corrected chi connectivity index (χ2v) is 1.19. The number of unbranched alkanes of at least 4 members (excludes halogenated alkanes) is 1. The second-order valence-electron chi connectivity index (χ2n) is 1.19. The van der Waals surface area contributed by atoms with E-state index in [1.165, 1.54) is 6.41 Å². The Balaban J connectivity index is 2.92. The topological polar surface area (TPSA) is 29.4 Å². The summed E-state index contributed by atoms with van der Waals surface area (Å²) in [4.78, 5) is 12.6. The quantitative estimate of drug-likeness (QED) is 0.483. The smallest absolute Gasteiger partial charge is 0.261 e. The van der Waals surface area contributed by atoms with Gasteiger partial charge >= 0.3 is 6.41 Å². The Morgan fingerprint density at radius 3 is 3.00 bits per heavy atom. The number of nitrogens with zero attached hydrogens (tertiary/aromatic N) is 1. The molecule has 0 aliphatic heterocycles. The van der Waals surface area contributed by atoms with Crippen LogP contribution in [0.25, 0.3) is 0 Å². The first kappa shape index (κ1) is 6.34. The van der Waals surface area contributed by atoms with E-state index >= 15 is 0 Å². The molecular formula is C5H8NO. The van der Waals surface area contributed by atoms with Crippen molar-refractivity contribution in [3.63, 3.8) is 0 Å². The van der Waals surface area contributed by atoms with E-state index in [2.05, 4.69) is 4.99 Å². The van der Waals surface area contributed by atoms with Crippen molar-refractivity contribution in [2.24, 2.45) is 4.99 Å². The third-order valence-electron chi connectivity index (χ3n) is 0.562. The zero-order valence-corrected chi connectivity index (χ0v) is 4.35. The fourth-order valence-electron chi connectivity index (χ4n) is 0.231. The lowest BCUT2D eigenvalue weighted by molar-refractivity contribution is 0.558. The number of amides is 1. The third kappa shape index (κ3) is 5.34. The monoisotopic (exact) mass is 98.1 g/mol. The molecule has 1 amide bonds. The van der Waals surface area contributed by atoms with E-state index in [1.54, 1.807) is 6.21 Å². The van der Waals surface area contributed by atoms with Gasteiger partial charge in [-0.1, -0.05) is 13.3 Å². The van der Waals surface area contributed by atoms with Crippen LogP contribution in [0.1, 0.15) is 19.8 Å². The highest BCUT2D eigenvalue weighted by Gasteiger charge is 1.69. The highest BCUT2D eigenvalue weighted by atomic mass is 16.1. The van der Waals surface area contributed by atoms with Gasteiger partial charge in [0, 0.05) is 6.21 Å². The summed E-state index contributed by atoms with van der Waals surface area (Å²) in [7, 11) is 0. The van der Waals surface area contributed by atoms with Crippen molar-refractivity contribution in [3.8, 4) is 0 Å². The first-order valence-electron chi connectivity index (χ1n) is 2.30. The van der Waals surface area contributed by atoms with E-state index in [-0.39, 0.29) is 0 Å². The first-order chi connectivity index (χ1) is 3.41. The Bertz CT molecular complexity index is 68.5. The van der Waals surface area contributed by atoms with Crippen LogP contribution in [0.2, 0.25) is 0 Å². The fourth-order valence-corrected chi connectivity index (χ4v) is 0.231. The maximum Gasteiger partial charge on any atom is 0.336 e. The van der Waals surface area contributed by atoms with Crippen LogP contribution in [0.15, 0.2) is 4.99 Å². The maximum atomic E-state index is 9.36. The standard InChI is InChI=1S/C5H8NO/c1-2-3-4-6-5-7/h4H,2-3H2,1H3. The average Bonchev–Trinajstić information content (AvgIpc) is 1.69. The minimum Gasteiger partial charge on any atom is -0.261 e. The molecule has 0 aromatic carbocycles. The van der Waals surface area contributed by atoms with Gasteiger partial charge in [0.15, 0.2) is 0 Å². The normalized spacial score (nSPS) is 9.86. The lowest BCUT2D eigenvalue weighted by Gasteiger charge is -1.74. The third-order valence-corrected chi connectivity index (χ3v) is 0.562. The zero-order chi connectivity index (χ0) is 5.54. The first-order valence-corrected chi connectivity index (χ1v) is 2.30. The summed E-state index contributed by atoms with van der Waals surface area (Å²) >= 11 is 0. The van der Waals surface area contributed by atoms with E-state index < -0.39 is 0 Å². The van der Waals surface area contributed by atoms with Crippen LogP contribution in [0.3, 0.4) is 0 Å². The second kappa shape index (κ2) is 5.34. The van der Waals surface area contributed by atoms with Gasteiger partial charge in [-0.15, -0.1) is 0 Å². The summed E-state index contributed by atoms with van der Waals surface area (Å²) in [6.07, 6.45) is 4.89. The molecule has 7 heavy (non-hydrogen) atoms. The molecule has 0 aromatic rings. The molecule has 0 rings (SSSR count). The fraction of sp³-hybridized carbons (Fsp3) is 0.600. The van der Waals surface area contributed by atoms with Crippen molar-refractivity contribution in [2.45, 2.75) is 19.8 Å². The van der Waals surface area contributed by atoms with Crippen LogP contribution in [0.5, 0.6) is 0 Å². The van der Waals surface area contributed by atoms with Crippen molar-refractivity contribution >= 4 is 12.6 Å². The number of hydrogen-bond acceptors (Lipinski definition) is 1. The molecule has 39 valence electrons. The lowest BCUT2D eigenvalue weighted by Crippen LogP contribution is -1.70. The van der Waals surface area contributed by atoms with Crippen molar-refractivity contribution in [1.29, 1.82) is 0 Å². The van der Waals surface area contributed by atoms with Gasteiger partial charge in [0.2, 0.25) is 0 Å². The van der Waals surface area contributed by atoms with Gasteiger partial charge < -0.3 is 0 Å². The molecule has 0 aliphatic carbocycles. The van der Waals surface area contributed by atoms with E-state index in [0.29, 0.717) is 0 Å². The van der Waals surface area contributed by atoms with E-state index in [1.807, 2.05) is 6.92 Å². The zero-order valence-electron chi connectivity index (χ0n) is 4.35. The number of hydrogen-bond donors (Lipinski definition) is 0.